The second-order valence-corrected chi connectivity index (χ2v) is 12.6. The molecule has 3 atom stereocenters. The minimum atomic E-state index is -0.785. The fraction of sp³-hybridized carbons (Fsp3) is 0.129. The topological polar surface area (TPSA) is 101 Å². The molecule has 0 bridgehead atoms. The number of benzene rings is 3. The Morgan fingerprint density at radius 2 is 1.71 bits per heavy atom. The molecule has 2 aliphatic heterocycles. The zero-order valence-corrected chi connectivity index (χ0v) is 24.2. The van der Waals surface area contributed by atoms with Crippen molar-refractivity contribution in [2.75, 3.05) is 10.2 Å². The number of carbonyl (C=O) groups excluding carboxylic acids is 3. The molecule has 42 heavy (non-hydrogen) atoms. The normalized spacial score (nSPS) is 19.5. The van der Waals surface area contributed by atoms with E-state index < -0.39 is 17.1 Å². The number of hydrogen-bond donors (Lipinski definition) is 1. The Kier molecular flexibility index (Phi) is 6.69. The molecule has 0 saturated carbocycles. The third-order valence-corrected chi connectivity index (χ3v) is 10.4. The summed E-state index contributed by atoms with van der Waals surface area (Å²) in [5.41, 5.74) is 1.80. The molecule has 4 heterocycles. The van der Waals surface area contributed by atoms with E-state index in [-0.39, 0.29) is 29.1 Å². The number of fused-ring (bicyclic) bond motifs is 3. The molecule has 2 aliphatic rings. The number of aromatic nitrogens is 2. The minimum Gasteiger partial charge on any atom is -0.324 e. The van der Waals surface area contributed by atoms with Crippen LogP contribution in [0.15, 0.2) is 101 Å². The fourth-order valence-corrected chi connectivity index (χ4v) is 8.59. The van der Waals surface area contributed by atoms with Crippen LogP contribution in [-0.2, 0) is 20.9 Å². The summed E-state index contributed by atoms with van der Waals surface area (Å²) in [4.78, 5) is 60.1. The van der Waals surface area contributed by atoms with Gasteiger partial charge in [-0.25, -0.2) is 4.90 Å². The Balaban J connectivity index is 1.27. The average molecular weight is 613 g/mol. The van der Waals surface area contributed by atoms with Gasteiger partial charge in [0.2, 0.25) is 17.7 Å². The van der Waals surface area contributed by atoms with Gasteiger partial charge in [-0.2, -0.15) is 0 Å². The second-order valence-electron chi connectivity index (χ2n) is 10.0. The lowest BCUT2D eigenvalue weighted by Crippen LogP contribution is -2.33. The minimum absolute atomic E-state index is 0.235. The van der Waals surface area contributed by atoms with Gasteiger partial charge in [0.05, 0.1) is 16.6 Å². The van der Waals surface area contributed by atoms with E-state index in [2.05, 4.69) is 10.3 Å². The fourth-order valence-electron chi connectivity index (χ4n) is 5.69. The van der Waals surface area contributed by atoms with Crippen LogP contribution >= 0.6 is 34.7 Å². The van der Waals surface area contributed by atoms with E-state index in [4.69, 9.17) is 11.6 Å². The van der Waals surface area contributed by atoms with Crippen LogP contribution in [0.2, 0.25) is 5.02 Å². The van der Waals surface area contributed by atoms with Gasteiger partial charge in [0, 0.05) is 39.3 Å². The van der Waals surface area contributed by atoms with Gasteiger partial charge in [0.1, 0.15) is 11.8 Å². The second kappa shape index (κ2) is 10.5. The van der Waals surface area contributed by atoms with Crippen molar-refractivity contribution in [3.8, 4) is 0 Å². The van der Waals surface area contributed by atoms with E-state index in [9.17, 15) is 19.2 Å². The van der Waals surface area contributed by atoms with Crippen LogP contribution in [0.1, 0.15) is 16.4 Å². The summed E-state index contributed by atoms with van der Waals surface area (Å²) in [6.45, 7) is -0.235. The number of nitrogens with zero attached hydrogens (tertiary/aromatic N) is 3. The lowest BCUT2D eigenvalue weighted by atomic mass is 9.84. The summed E-state index contributed by atoms with van der Waals surface area (Å²) in [5.74, 6) is -2.41. The maximum atomic E-state index is 13.9. The predicted octanol–water partition coefficient (Wildman–Crippen LogP) is 5.55. The molecule has 208 valence electrons. The first-order valence-electron chi connectivity index (χ1n) is 13.1. The highest BCUT2D eigenvalue weighted by atomic mass is 35.5. The van der Waals surface area contributed by atoms with Crippen LogP contribution in [0, 0.1) is 5.92 Å². The lowest BCUT2D eigenvalue weighted by molar-refractivity contribution is -0.122. The number of hydrogen-bond acceptors (Lipinski definition) is 7. The van der Waals surface area contributed by atoms with Crippen LogP contribution < -0.4 is 15.1 Å². The highest BCUT2D eigenvalue weighted by Gasteiger charge is 2.56. The van der Waals surface area contributed by atoms with Gasteiger partial charge in [-0.15, -0.1) is 0 Å². The van der Waals surface area contributed by atoms with Crippen LogP contribution in [0.4, 0.5) is 11.4 Å². The number of imide groups is 1. The van der Waals surface area contributed by atoms with E-state index in [1.54, 1.807) is 42.7 Å². The number of nitrogens with one attached hydrogen (secondary N) is 1. The number of thioether (sulfide) groups is 1. The van der Waals surface area contributed by atoms with Crippen molar-refractivity contribution < 1.29 is 14.4 Å². The van der Waals surface area contributed by atoms with Crippen molar-refractivity contribution in [2.45, 2.75) is 22.7 Å². The van der Waals surface area contributed by atoms with Crippen molar-refractivity contribution in [3.63, 3.8) is 0 Å². The maximum Gasteiger partial charge on any atom is 0.308 e. The van der Waals surface area contributed by atoms with Gasteiger partial charge < -0.3 is 5.32 Å². The van der Waals surface area contributed by atoms with Gasteiger partial charge in [0.25, 0.3) is 0 Å². The lowest BCUT2D eigenvalue weighted by Gasteiger charge is -2.30. The molecule has 11 heteroatoms. The smallest absolute Gasteiger partial charge is 0.308 e. The molecule has 1 saturated heterocycles. The molecule has 0 aliphatic carbocycles. The molecular weight excluding hydrogens is 592 g/mol. The van der Waals surface area contributed by atoms with Gasteiger partial charge in [-0.3, -0.25) is 28.7 Å². The predicted molar refractivity (Wildman–Crippen MR) is 164 cm³/mol. The summed E-state index contributed by atoms with van der Waals surface area (Å²) in [6, 6.07) is 23.5. The van der Waals surface area contributed by atoms with E-state index in [1.807, 2.05) is 48.5 Å². The van der Waals surface area contributed by atoms with Crippen LogP contribution in [0.25, 0.3) is 10.8 Å². The molecular formula is C31H21ClN4O4S2. The zero-order chi connectivity index (χ0) is 29.0. The molecule has 3 aromatic carbocycles. The van der Waals surface area contributed by atoms with Crippen LogP contribution in [-0.4, -0.2) is 32.5 Å². The number of halogens is 1. The van der Waals surface area contributed by atoms with Gasteiger partial charge in [-0.05, 0) is 47.3 Å². The first-order chi connectivity index (χ1) is 20.4. The van der Waals surface area contributed by atoms with Crippen molar-refractivity contribution >= 4 is 74.6 Å². The SMILES string of the molecule is O=C(Cn1c2c(sc1=O)C(c1cccnc1)C1C(=O)N(c3ccc(Cl)cc3)C(=O)C1S2)Nc1cccc2ccccc12. The molecule has 5 aromatic rings. The van der Waals surface area contributed by atoms with Crippen molar-refractivity contribution in [1.82, 2.24) is 9.55 Å². The molecule has 2 aromatic heterocycles. The number of rotatable bonds is 5. The summed E-state index contributed by atoms with van der Waals surface area (Å²) >= 11 is 8.23. The van der Waals surface area contributed by atoms with E-state index in [0.717, 1.165) is 27.7 Å². The van der Waals surface area contributed by atoms with E-state index in [0.29, 0.717) is 26.3 Å². The third kappa shape index (κ3) is 4.43. The summed E-state index contributed by atoms with van der Waals surface area (Å²) in [5, 5.41) is 5.04. The van der Waals surface area contributed by atoms with Gasteiger partial charge in [-0.1, -0.05) is 77.2 Å². The largest absolute Gasteiger partial charge is 0.324 e. The van der Waals surface area contributed by atoms with Crippen LogP contribution in [0.5, 0.6) is 0 Å². The highest BCUT2D eigenvalue weighted by molar-refractivity contribution is 8.00. The molecule has 7 rings (SSSR count). The van der Waals surface area contributed by atoms with Crippen LogP contribution in [0.3, 0.4) is 0 Å². The van der Waals surface area contributed by atoms with Gasteiger partial charge in [0.15, 0.2) is 0 Å². The van der Waals surface area contributed by atoms with Crippen molar-refractivity contribution in [3.05, 3.63) is 116 Å². The van der Waals surface area contributed by atoms with E-state index in [1.165, 1.54) is 21.2 Å². The van der Waals surface area contributed by atoms with Crippen molar-refractivity contribution in [2.24, 2.45) is 5.92 Å². The Bertz CT molecular complexity index is 1940. The molecule has 1 fully saturated rings. The zero-order valence-electron chi connectivity index (χ0n) is 21.8. The number of carbonyl (C=O) groups is 3. The number of anilines is 2. The summed E-state index contributed by atoms with van der Waals surface area (Å²) < 4.78 is 1.41. The maximum absolute atomic E-state index is 13.9. The first-order valence-corrected chi connectivity index (χ1v) is 15.2. The Labute approximate surface area is 252 Å². The standard InChI is InChI=1S/C31H21ClN4O4S2/c32-19-10-12-20(13-11-19)36-28(38)25-24(18-7-4-14-33-15-18)27-30(41-26(25)29(36)39)35(31(40)42-27)16-23(37)34-22-9-3-6-17-5-1-2-8-21(17)22/h1-15,24-26H,16H2,(H,34,37). The molecule has 8 nitrogen and oxygen atoms in total. The Morgan fingerprint density at radius 3 is 2.50 bits per heavy atom. The Hall–Kier alpha value is -4.25. The van der Waals surface area contributed by atoms with E-state index >= 15 is 0 Å². The highest BCUT2D eigenvalue weighted by Crippen LogP contribution is 2.53. The molecule has 1 N–H and O–H groups in total. The average Bonchev–Trinajstić information content (AvgIpc) is 3.44. The Morgan fingerprint density at radius 1 is 0.929 bits per heavy atom. The molecule has 0 radical (unpaired) electrons. The number of thiazole rings is 1. The summed E-state index contributed by atoms with van der Waals surface area (Å²) in [7, 11) is 0. The molecule has 3 amide bonds. The van der Waals surface area contributed by atoms with Crippen molar-refractivity contribution in [1.29, 1.82) is 0 Å². The number of amides is 3. The quantitative estimate of drug-likeness (QED) is 0.261. The monoisotopic (exact) mass is 612 g/mol. The number of pyridine rings is 1. The van der Waals surface area contributed by atoms with Gasteiger partial charge >= 0.3 is 4.87 Å². The summed E-state index contributed by atoms with van der Waals surface area (Å²) in [6.07, 6.45) is 3.29. The molecule has 0 spiro atoms. The third-order valence-electron chi connectivity index (χ3n) is 7.54. The molecule has 3 unspecified atom stereocenters. The first kappa shape index (κ1) is 26.6.